The number of hydrogen-bond donors (Lipinski definition) is 3. The third-order valence-electron chi connectivity index (χ3n) is 5.84. The number of hydrogen-bond acceptors (Lipinski definition) is 7. The molecule has 0 spiro atoms. The molecule has 10 nitrogen and oxygen atoms in total. The molecule has 4 rings (SSSR count). The molecule has 1 fully saturated rings. The molecule has 39 heavy (non-hydrogen) atoms. The van der Waals surface area contributed by atoms with Gasteiger partial charge in [0.25, 0.3) is 5.91 Å². The summed E-state index contributed by atoms with van der Waals surface area (Å²) in [5.41, 5.74) is 1.42. The number of benzene rings is 2. The average molecular weight is 547 g/mol. The molecule has 208 valence electrons. The Bertz CT molecular complexity index is 1150. The van der Waals surface area contributed by atoms with Gasteiger partial charge in [-0.15, -0.1) is 0 Å². The monoisotopic (exact) mass is 546 g/mol. The van der Waals surface area contributed by atoms with Gasteiger partial charge in [0.15, 0.2) is 5.76 Å². The number of ether oxygens (including phenoxy) is 1. The zero-order valence-corrected chi connectivity index (χ0v) is 20.8. The molecule has 0 bridgehead atoms. The number of carboxylic acids is 2. The van der Waals surface area contributed by atoms with E-state index >= 15 is 0 Å². The second kappa shape index (κ2) is 14.1. The van der Waals surface area contributed by atoms with E-state index < -0.39 is 24.1 Å². The molecular formula is C27H28F2N2O8. The highest BCUT2D eigenvalue weighted by atomic mass is 19.1. The van der Waals surface area contributed by atoms with Crippen molar-refractivity contribution in [1.82, 2.24) is 9.80 Å². The van der Waals surface area contributed by atoms with Gasteiger partial charge in [-0.2, -0.15) is 0 Å². The molecule has 1 aromatic heterocycles. The Morgan fingerprint density at radius 2 is 1.36 bits per heavy atom. The average Bonchev–Trinajstić information content (AvgIpc) is 3.46. The second-order valence-electron chi connectivity index (χ2n) is 8.65. The summed E-state index contributed by atoms with van der Waals surface area (Å²) in [7, 11) is 0. The Hall–Kier alpha value is -4.13. The van der Waals surface area contributed by atoms with Crippen LogP contribution in [0.15, 0.2) is 71.3 Å². The van der Waals surface area contributed by atoms with Crippen molar-refractivity contribution in [3.63, 3.8) is 0 Å². The zero-order valence-electron chi connectivity index (χ0n) is 20.8. The number of carboxylic acid groups (broad SMARTS) is 2. The van der Waals surface area contributed by atoms with Crippen molar-refractivity contribution in [2.75, 3.05) is 39.3 Å². The van der Waals surface area contributed by atoms with E-state index in [1.54, 1.807) is 41.3 Å². The van der Waals surface area contributed by atoms with Crippen molar-refractivity contribution in [2.45, 2.75) is 12.2 Å². The summed E-state index contributed by atoms with van der Waals surface area (Å²) in [6.07, 6.45) is 0.148. The van der Waals surface area contributed by atoms with Crippen LogP contribution >= 0.6 is 0 Å². The van der Waals surface area contributed by atoms with E-state index in [0.29, 0.717) is 49.6 Å². The Labute approximate surface area is 222 Å². The number of aliphatic carboxylic acids is 2. The molecule has 0 radical (unpaired) electrons. The van der Waals surface area contributed by atoms with Crippen LogP contribution in [-0.2, 0) is 14.3 Å². The maximum atomic E-state index is 13.4. The molecular weight excluding hydrogens is 518 g/mol. The van der Waals surface area contributed by atoms with Gasteiger partial charge in [-0.3, -0.25) is 9.69 Å². The topological polar surface area (TPSA) is 141 Å². The van der Waals surface area contributed by atoms with Crippen LogP contribution in [0.25, 0.3) is 0 Å². The zero-order chi connectivity index (χ0) is 28.4. The standard InChI is InChI=1S/C25H26F2N2O4.C2H2O4/c26-20-7-3-18(4-8-20)24(19-5-9-21(27)10-6-19)33-17-22(30)16-28-11-13-29(14-12-28)25(31)23-2-1-15-32-23;3-1(4)2(5)6/h1-10,15,22,24,30H,11-14,16-17H2;(H,3,4)(H,5,6). The summed E-state index contributed by atoms with van der Waals surface area (Å²) in [6, 6.07) is 15.2. The predicted molar refractivity (Wildman–Crippen MR) is 133 cm³/mol. The largest absolute Gasteiger partial charge is 0.473 e. The SMILES string of the molecule is O=C(O)C(=O)O.O=C(c1ccco1)N1CCN(CC(O)COC(c2ccc(F)cc2)c2ccc(F)cc2)CC1. The van der Waals surface area contributed by atoms with E-state index in [1.165, 1.54) is 30.5 Å². The van der Waals surface area contributed by atoms with Crippen molar-refractivity contribution in [2.24, 2.45) is 0 Å². The highest BCUT2D eigenvalue weighted by Gasteiger charge is 2.25. The summed E-state index contributed by atoms with van der Waals surface area (Å²) in [6.45, 7) is 2.78. The molecule has 1 amide bonds. The van der Waals surface area contributed by atoms with Gasteiger partial charge < -0.3 is 29.4 Å². The molecule has 1 saturated heterocycles. The first-order chi connectivity index (χ1) is 18.6. The number of halogens is 2. The van der Waals surface area contributed by atoms with E-state index in [1.807, 2.05) is 0 Å². The molecule has 1 aliphatic rings. The van der Waals surface area contributed by atoms with E-state index in [-0.39, 0.29) is 24.1 Å². The fraction of sp³-hybridized carbons (Fsp3) is 0.296. The molecule has 2 heterocycles. The summed E-state index contributed by atoms with van der Waals surface area (Å²) in [4.78, 5) is 34.4. The number of nitrogens with zero attached hydrogens (tertiary/aromatic N) is 2. The van der Waals surface area contributed by atoms with Gasteiger partial charge in [0.05, 0.1) is 19.0 Å². The van der Waals surface area contributed by atoms with Crippen LogP contribution in [0.4, 0.5) is 8.78 Å². The van der Waals surface area contributed by atoms with Crippen molar-refractivity contribution < 1.29 is 47.6 Å². The number of carbonyl (C=O) groups excluding carboxylic acids is 1. The smallest absolute Gasteiger partial charge is 0.414 e. The third-order valence-corrected chi connectivity index (χ3v) is 5.84. The fourth-order valence-corrected chi connectivity index (χ4v) is 3.91. The minimum atomic E-state index is -1.82. The van der Waals surface area contributed by atoms with Gasteiger partial charge in [0.1, 0.15) is 17.7 Å². The molecule has 2 aromatic carbocycles. The van der Waals surface area contributed by atoms with Gasteiger partial charge in [-0.05, 0) is 47.5 Å². The van der Waals surface area contributed by atoms with Crippen molar-refractivity contribution in [1.29, 1.82) is 0 Å². The number of carbonyl (C=O) groups is 3. The molecule has 1 atom stereocenters. The van der Waals surface area contributed by atoms with Gasteiger partial charge in [-0.1, -0.05) is 24.3 Å². The first-order valence-electron chi connectivity index (χ1n) is 12.0. The van der Waals surface area contributed by atoms with E-state index in [2.05, 4.69) is 4.90 Å². The number of aliphatic hydroxyl groups excluding tert-OH is 1. The van der Waals surface area contributed by atoms with Crippen LogP contribution in [0.5, 0.6) is 0 Å². The number of piperazine rings is 1. The molecule has 0 aliphatic carbocycles. The minimum Gasteiger partial charge on any atom is -0.473 e. The fourth-order valence-electron chi connectivity index (χ4n) is 3.91. The Morgan fingerprint density at radius 3 is 1.79 bits per heavy atom. The Kier molecular flexibility index (Phi) is 10.7. The number of furan rings is 1. The van der Waals surface area contributed by atoms with E-state index in [9.17, 15) is 18.7 Å². The Balaban J connectivity index is 0.000000631. The lowest BCUT2D eigenvalue weighted by atomic mass is 10.0. The number of aliphatic hydroxyl groups is 1. The van der Waals surface area contributed by atoms with Crippen LogP contribution in [0.1, 0.15) is 27.8 Å². The van der Waals surface area contributed by atoms with E-state index in [4.69, 9.17) is 29.0 Å². The van der Waals surface area contributed by atoms with Crippen molar-refractivity contribution >= 4 is 17.8 Å². The molecule has 3 aromatic rings. The van der Waals surface area contributed by atoms with Crippen LogP contribution < -0.4 is 0 Å². The summed E-state index contributed by atoms with van der Waals surface area (Å²) in [5, 5.41) is 25.4. The summed E-state index contributed by atoms with van der Waals surface area (Å²) >= 11 is 0. The molecule has 1 unspecified atom stereocenters. The number of amides is 1. The lowest BCUT2D eigenvalue weighted by Crippen LogP contribution is -2.50. The first-order valence-corrected chi connectivity index (χ1v) is 12.0. The van der Waals surface area contributed by atoms with Gasteiger partial charge in [0, 0.05) is 32.7 Å². The normalized spacial score (nSPS) is 14.4. The number of β-amino-alcohol motifs (C(OH)–C–C–N with tert-alkyl or cyclic N) is 1. The van der Waals surface area contributed by atoms with Crippen LogP contribution in [0, 0.1) is 11.6 Å². The lowest BCUT2D eigenvalue weighted by Gasteiger charge is -2.35. The summed E-state index contributed by atoms with van der Waals surface area (Å²) in [5.74, 6) is -4.18. The quantitative estimate of drug-likeness (QED) is 0.364. The molecule has 1 aliphatic heterocycles. The maximum Gasteiger partial charge on any atom is 0.414 e. The van der Waals surface area contributed by atoms with Crippen molar-refractivity contribution in [3.05, 3.63) is 95.4 Å². The predicted octanol–water partition coefficient (Wildman–Crippen LogP) is 2.64. The number of rotatable bonds is 8. The molecule has 12 heteroatoms. The highest BCUT2D eigenvalue weighted by molar-refractivity contribution is 6.27. The highest BCUT2D eigenvalue weighted by Crippen LogP contribution is 2.27. The van der Waals surface area contributed by atoms with Crippen LogP contribution in [0.2, 0.25) is 0 Å². The minimum absolute atomic E-state index is 0.0466. The van der Waals surface area contributed by atoms with E-state index in [0.717, 1.165) is 0 Å². The second-order valence-corrected chi connectivity index (χ2v) is 8.65. The Morgan fingerprint density at radius 1 is 0.846 bits per heavy atom. The maximum absolute atomic E-state index is 13.4. The first kappa shape index (κ1) is 29.4. The molecule has 0 saturated carbocycles. The van der Waals surface area contributed by atoms with Gasteiger partial charge >= 0.3 is 11.9 Å². The van der Waals surface area contributed by atoms with Crippen molar-refractivity contribution in [3.8, 4) is 0 Å². The lowest BCUT2D eigenvalue weighted by molar-refractivity contribution is -0.159. The third kappa shape index (κ3) is 8.99. The molecule has 3 N–H and O–H groups in total. The van der Waals surface area contributed by atoms with Gasteiger partial charge in [-0.25, -0.2) is 18.4 Å². The van der Waals surface area contributed by atoms with Crippen LogP contribution in [-0.4, -0.2) is 88.4 Å². The summed E-state index contributed by atoms with van der Waals surface area (Å²) < 4.78 is 37.9. The van der Waals surface area contributed by atoms with Gasteiger partial charge in [0.2, 0.25) is 0 Å². The van der Waals surface area contributed by atoms with Crippen LogP contribution in [0.3, 0.4) is 0 Å².